The van der Waals surface area contributed by atoms with E-state index in [2.05, 4.69) is 20.9 Å². The minimum Gasteiger partial charge on any atom is -0.487 e. The van der Waals surface area contributed by atoms with E-state index in [1.54, 1.807) is 0 Å². The quantitative estimate of drug-likeness (QED) is 0.217. The van der Waals surface area contributed by atoms with E-state index in [4.69, 9.17) is 4.74 Å². The number of carbonyl (C=O) groups excluding carboxylic acids is 1. The van der Waals surface area contributed by atoms with E-state index >= 15 is 0 Å². The molecule has 3 rings (SSSR count). The number of nitrogens with zero attached hydrogens (tertiary/aromatic N) is 1. The lowest BCUT2D eigenvalue weighted by Gasteiger charge is -2.38. The molecule has 1 amide bonds. The minimum absolute atomic E-state index is 0. The molecule has 32 heavy (non-hydrogen) atoms. The first-order chi connectivity index (χ1) is 14.7. The van der Waals surface area contributed by atoms with Crippen molar-refractivity contribution >= 4 is 41.5 Å². The first-order valence-corrected chi connectivity index (χ1v) is 9.96. The molecule has 174 valence electrons. The van der Waals surface area contributed by atoms with E-state index in [0.29, 0.717) is 18.9 Å². The molecule has 2 aromatic carbocycles. The zero-order valence-corrected chi connectivity index (χ0v) is 20.3. The van der Waals surface area contributed by atoms with Crippen LogP contribution in [0, 0.1) is 17.5 Å². The topological polar surface area (TPSA) is 74.8 Å². The van der Waals surface area contributed by atoms with Crippen LogP contribution < -0.4 is 20.7 Å². The number of anilines is 1. The third-order valence-electron chi connectivity index (χ3n) is 4.72. The zero-order valence-electron chi connectivity index (χ0n) is 18.0. The molecule has 1 atom stereocenters. The molecule has 0 saturated heterocycles. The SMILES string of the molecule is CCNC(=NCC(=O)Nc1ccc(F)c(F)c1F)NC1CC(C)(C)Oc2ccccc21.I. The number of rotatable bonds is 5. The summed E-state index contributed by atoms with van der Waals surface area (Å²) in [4.78, 5) is 16.4. The molecule has 10 heteroatoms. The molecule has 0 aliphatic carbocycles. The van der Waals surface area contributed by atoms with Crippen molar-refractivity contribution in [1.82, 2.24) is 10.6 Å². The minimum atomic E-state index is -1.64. The van der Waals surface area contributed by atoms with Gasteiger partial charge < -0.3 is 20.7 Å². The number of carbonyl (C=O) groups is 1. The van der Waals surface area contributed by atoms with Gasteiger partial charge in [-0.2, -0.15) is 0 Å². The van der Waals surface area contributed by atoms with Crippen molar-refractivity contribution in [1.29, 1.82) is 0 Å². The molecule has 0 radical (unpaired) electrons. The van der Waals surface area contributed by atoms with Gasteiger partial charge in [0.1, 0.15) is 17.9 Å². The van der Waals surface area contributed by atoms with Crippen LogP contribution in [-0.2, 0) is 4.79 Å². The Labute approximate surface area is 202 Å². The Morgan fingerprint density at radius 1 is 1.16 bits per heavy atom. The second kappa shape index (κ2) is 10.9. The van der Waals surface area contributed by atoms with Gasteiger partial charge >= 0.3 is 0 Å². The summed E-state index contributed by atoms with van der Waals surface area (Å²) in [6.45, 7) is 6.08. The molecule has 1 unspecified atom stereocenters. The van der Waals surface area contributed by atoms with Crippen molar-refractivity contribution in [2.45, 2.75) is 38.8 Å². The molecule has 3 N–H and O–H groups in total. The number of hydrogen-bond donors (Lipinski definition) is 3. The molecular weight excluding hydrogens is 536 g/mol. The summed E-state index contributed by atoms with van der Waals surface area (Å²) in [5, 5.41) is 8.59. The number of guanidine groups is 1. The lowest BCUT2D eigenvalue weighted by Crippen LogP contribution is -2.45. The van der Waals surface area contributed by atoms with Crippen molar-refractivity contribution in [3.8, 4) is 5.75 Å². The third kappa shape index (κ3) is 6.27. The smallest absolute Gasteiger partial charge is 0.246 e. The third-order valence-corrected chi connectivity index (χ3v) is 4.72. The number of halogens is 4. The second-order valence-electron chi connectivity index (χ2n) is 7.77. The zero-order chi connectivity index (χ0) is 22.6. The molecule has 1 aliphatic rings. The van der Waals surface area contributed by atoms with Crippen LogP contribution in [0.4, 0.5) is 18.9 Å². The summed E-state index contributed by atoms with van der Waals surface area (Å²) in [6.07, 6.45) is 0.667. The van der Waals surface area contributed by atoms with Gasteiger partial charge in [-0.15, -0.1) is 24.0 Å². The Hall–Kier alpha value is -2.50. The standard InChI is InChI=1S/C22H25F3N4O2.HI/c1-4-26-21(27-12-18(30)28-15-10-9-14(23)19(24)20(15)25)29-16-11-22(2,3)31-17-8-6-5-7-13(16)17;/h5-10,16H,4,11-12H2,1-3H3,(H,28,30)(H2,26,27,29);1H. The number of aliphatic imine (C=N–C) groups is 1. The van der Waals surface area contributed by atoms with Crippen molar-refractivity contribution < 1.29 is 22.7 Å². The summed E-state index contributed by atoms with van der Waals surface area (Å²) in [7, 11) is 0. The van der Waals surface area contributed by atoms with Gasteiger partial charge in [-0.05, 0) is 39.0 Å². The molecule has 0 bridgehead atoms. The van der Waals surface area contributed by atoms with Crippen LogP contribution in [0.5, 0.6) is 5.75 Å². The molecule has 0 aromatic heterocycles. The highest BCUT2D eigenvalue weighted by molar-refractivity contribution is 14.0. The summed E-state index contributed by atoms with van der Waals surface area (Å²) < 4.78 is 46.2. The van der Waals surface area contributed by atoms with Crippen molar-refractivity contribution in [2.24, 2.45) is 4.99 Å². The molecule has 0 spiro atoms. The molecule has 0 saturated carbocycles. The molecule has 0 fully saturated rings. The van der Waals surface area contributed by atoms with Gasteiger partial charge in [0.25, 0.3) is 0 Å². The van der Waals surface area contributed by atoms with Crippen LogP contribution in [0.15, 0.2) is 41.4 Å². The van der Waals surface area contributed by atoms with Crippen LogP contribution in [0.3, 0.4) is 0 Å². The van der Waals surface area contributed by atoms with E-state index in [-0.39, 0.29) is 36.6 Å². The van der Waals surface area contributed by atoms with Crippen LogP contribution >= 0.6 is 24.0 Å². The second-order valence-corrected chi connectivity index (χ2v) is 7.77. The highest BCUT2D eigenvalue weighted by Crippen LogP contribution is 2.39. The average molecular weight is 562 g/mol. The van der Waals surface area contributed by atoms with Gasteiger partial charge in [0, 0.05) is 18.5 Å². The highest BCUT2D eigenvalue weighted by Gasteiger charge is 2.34. The fourth-order valence-corrected chi connectivity index (χ4v) is 3.38. The Morgan fingerprint density at radius 3 is 2.59 bits per heavy atom. The van der Waals surface area contributed by atoms with Crippen molar-refractivity contribution in [3.05, 3.63) is 59.4 Å². The van der Waals surface area contributed by atoms with Crippen molar-refractivity contribution in [2.75, 3.05) is 18.4 Å². The van der Waals surface area contributed by atoms with Gasteiger partial charge in [-0.25, -0.2) is 18.2 Å². The molecule has 1 heterocycles. The summed E-state index contributed by atoms with van der Waals surface area (Å²) in [5.74, 6) is -3.93. The van der Waals surface area contributed by atoms with Crippen LogP contribution in [0.2, 0.25) is 0 Å². The summed E-state index contributed by atoms with van der Waals surface area (Å²) in [5.41, 5.74) is 0.128. The normalized spacial score (nSPS) is 16.8. The van der Waals surface area contributed by atoms with Gasteiger partial charge in [0.2, 0.25) is 5.91 Å². The summed E-state index contributed by atoms with van der Waals surface area (Å²) in [6, 6.07) is 9.28. The van der Waals surface area contributed by atoms with Crippen molar-refractivity contribution in [3.63, 3.8) is 0 Å². The number of ether oxygens (including phenoxy) is 1. The number of hydrogen-bond acceptors (Lipinski definition) is 3. The van der Waals surface area contributed by atoms with Crippen LogP contribution in [0.1, 0.15) is 38.8 Å². The van der Waals surface area contributed by atoms with E-state index in [1.807, 2.05) is 45.0 Å². The predicted octanol–water partition coefficient (Wildman–Crippen LogP) is 4.52. The molecule has 2 aromatic rings. The number of benzene rings is 2. The van der Waals surface area contributed by atoms with Gasteiger partial charge in [0.15, 0.2) is 23.4 Å². The Balaban J connectivity index is 0.00000363. The molecule has 1 aliphatic heterocycles. The Kier molecular flexibility index (Phi) is 8.76. The maximum atomic E-state index is 13.8. The van der Waals surface area contributed by atoms with Crippen LogP contribution in [0.25, 0.3) is 0 Å². The van der Waals surface area contributed by atoms with E-state index in [0.717, 1.165) is 23.4 Å². The number of fused-ring (bicyclic) bond motifs is 1. The number of nitrogens with one attached hydrogen (secondary N) is 3. The lowest BCUT2D eigenvalue weighted by molar-refractivity contribution is -0.114. The monoisotopic (exact) mass is 562 g/mol. The maximum absolute atomic E-state index is 13.8. The summed E-state index contributed by atoms with van der Waals surface area (Å²) >= 11 is 0. The lowest BCUT2D eigenvalue weighted by atomic mass is 9.90. The van der Waals surface area contributed by atoms with Gasteiger partial charge in [-0.1, -0.05) is 18.2 Å². The number of amides is 1. The van der Waals surface area contributed by atoms with Gasteiger partial charge in [-0.3, -0.25) is 4.79 Å². The van der Waals surface area contributed by atoms with Crippen LogP contribution in [-0.4, -0.2) is 30.6 Å². The molecular formula is C22H26F3IN4O2. The first kappa shape index (κ1) is 25.8. The highest BCUT2D eigenvalue weighted by atomic mass is 127. The molecule has 6 nitrogen and oxygen atoms in total. The van der Waals surface area contributed by atoms with E-state index in [1.165, 1.54) is 0 Å². The van der Waals surface area contributed by atoms with E-state index in [9.17, 15) is 18.0 Å². The Morgan fingerprint density at radius 2 is 1.88 bits per heavy atom. The van der Waals surface area contributed by atoms with Gasteiger partial charge in [0.05, 0.1) is 11.7 Å². The average Bonchev–Trinajstić information content (AvgIpc) is 2.72. The Bertz CT molecular complexity index is 1000. The van der Waals surface area contributed by atoms with E-state index < -0.39 is 34.6 Å². The fourth-order valence-electron chi connectivity index (χ4n) is 3.38. The number of para-hydroxylation sites is 1. The fraction of sp³-hybridized carbons (Fsp3) is 0.364. The largest absolute Gasteiger partial charge is 0.487 e. The first-order valence-electron chi connectivity index (χ1n) is 9.96. The predicted molar refractivity (Wildman–Crippen MR) is 128 cm³/mol. The maximum Gasteiger partial charge on any atom is 0.246 e.